The van der Waals surface area contributed by atoms with Gasteiger partial charge in [-0.05, 0) is 54.1 Å². The number of carbonyl (C=O) groups excluding carboxylic acids is 1. The van der Waals surface area contributed by atoms with Crippen LogP contribution >= 0.6 is 11.8 Å². The van der Waals surface area contributed by atoms with E-state index in [0.29, 0.717) is 27.4 Å². The number of nitrogens with zero attached hydrogens (tertiary/aromatic N) is 1. The highest BCUT2D eigenvalue weighted by Gasteiger charge is 2.31. The van der Waals surface area contributed by atoms with E-state index in [0.717, 1.165) is 12.1 Å². The second-order valence-electron chi connectivity index (χ2n) is 6.39. The van der Waals surface area contributed by atoms with Crippen molar-refractivity contribution < 1.29 is 22.4 Å². The first kappa shape index (κ1) is 21.1. The van der Waals surface area contributed by atoms with Crippen LogP contribution in [0.3, 0.4) is 0 Å². The van der Waals surface area contributed by atoms with E-state index in [-0.39, 0.29) is 23.3 Å². The number of aromatic nitrogens is 1. The van der Waals surface area contributed by atoms with Crippen LogP contribution in [0, 0.1) is 12.7 Å². The lowest BCUT2D eigenvalue weighted by Crippen LogP contribution is -2.25. The smallest absolute Gasteiger partial charge is 0.348 e. The van der Waals surface area contributed by atoms with Crippen molar-refractivity contribution in [3.8, 4) is 0 Å². The average molecular weight is 422 g/mol. The molecule has 0 aliphatic carbocycles. The van der Waals surface area contributed by atoms with E-state index in [1.165, 1.54) is 30.0 Å². The summed E-state index contributed by atoms with van der Waals surface area (Å²) in [6.45, 7) is 3.69. The first-order chi connectivity index (χ1) is 13.7. The SMILES string of the molecule is CCSc1nc2ccc(C(F)(F)F)cc2c(C)c1C(=O)NCc1ccc(F)cc1. The number of hydrogen-bond acceptors (Lipinski definition) is 3. The van der Waals surface area contributed by atoms with Crippen LogP contribution in [0.2, 0.25) is 0 Å². The molecule has 1 aromatic heterocycles. The summed E-state index contributed by atoms with van der Waals surface area (Å²) >= 11 is 1.35. The lowest BCUT2D eigenvalue weighted by atomic mass is 10.0. The van der Waals surface area contributed by atoms with Gasteiger partial charge in [-0.2, -0.15) is 13.2 Å². The number of hydrogen-bond donors (Lipinski definition) is 1. The first-order valence-electron chi connectivity index (χ1n) is 8.87. The summed E-state index contributed by atoms with van der Waals surface area (Å²) in [5.41, 5.74) is 1.01. The molecule has 8 heteroatoms. The van der Waals surface area contributed by atoms with Gasteiger partial charge in [-0.3, -0.25) is 4.79 Å². The summed E-state index contributed by atoms with van der Waals surface area (Å²) in [6.07, 6.45) is -4.48. The number of fused-ring (bicyclic) bond motifs is 1. The van der Waals surface area contributed by atoms with Gasteiger partial charge in [0.1, 0.15) is 10.8 Å². The van der Waals surface area contributed by atoms with Gasteiger partial charge in [0.2, 0.25) is 0 Å². The van der Waals surface area contributed by atoms with Crippen molar-refractivity contribution in [3.05, 3.63) is 70.5 Å². The predicted octanol–water partition coefficient (Wildman–Crippen LogP) is 5.74. The molecular formula is C21H18F4N2OS. The van der Waals surface area contributed by atoms with Gasteiger partial charge in [0.25, 0.3) is 5.91 Å². The summed E-state index contributed by atoms with van der Waals surface area (Å²) in [6, 6.07) is 9.03. The largest absolute Gasteiger partial charge is 0.416 e. The van der Waals surface area contributed by atoms with Crippen molar-refractivity contribution in [1.29, 1.82) is 0 Å². The molecule has 1 heterocycles. The maximum Gasteiger partial charge on any atom is 0.416 e. The minimum Gasteiger partial charge on any atom is -0.348 e. The fourth-order valence-corrected chi connectivity index (χ4v) is 3.78. The van der Waals surface area contributed by atoms with Crippen LogP contribution < -0.4 is 5.32 Å². The molecule has 0 aliphatic rings. The van der Waals surface area contributed by atoms with Crippen molar-refractivity contribution in [2.75, 3.05) is 5.75 Å². The molecule has 1 N–H and O–H groups in total. The topological polar surface area (TPSA) is 42.0 Å². The second kappa shape index (κ2) is 8.41. The number of rotatable bonds is 5. The van der Waals surface area contributed by atoms with E-state index in [9.17, 15) is 22.4 Å². The Balaban J connectivity index is 2.01. The average Bonchev–Trinajstić information content (AvgIpc) is 2.67. The van der Waals surface area contributed by atoms with Crippen LogP contribution in [-0.4, -0.2) is 16.6 Å². The summed E-state index contributed by atoms with van der Waals surface area (Å²) in [4.78, 5) is 17.3. The van der Waals surface area contributed by atoms with Crippen molar-refractivity contribution in [2.24, 2.45) is 0 Å². The Labute approximate surface area is 169 Å². The maximum absolute atomic E-state index is 13.1. The monoisotopic (exact) mass is 422 g/mol. The number of benzene rings is 2. The zero-order chi connectivity index (χ0) is 21.2. The van der Waals surface area contributed by atoms with Gasteiger partial charge < -0.3 is 5.32 Å². The molecule has 0 saturated heterocycles. The molecule has 152 valence electrons. The molecule has 29 heavy (non-hydrogen) atoms. The summed E-state index contributed by atoms with van der Waals surface area (Å²) in [5.74, 6) is -0.164. The number of nitrogens with one attached hydrogen (secondary N) is 1. The van der Waals surface area contributed by atoms with Crippen LogP contribution in [-0.2, 0) is 12.7 Å². The van der Waals surface area contributed by atoms with Crippen LogP contribution in [0.4, 0.5) is 17.6 Å². The number of pyridine rings is 1. The Hall–Kier alpha value is -2.61. The van der Waals surface area contributed by atoms with E-state index in [1.54, 1.807) is 19.1 Å². The van der Waals surface area contributed by atoms with Gasteiger partial charge >= 0.3 is 6.18 Å². The molecule has 0 unspecified atom stereocenters. The Morgan fingerprint density at radius 1 is 1.14 bits per heavy atom. The van der Waals surface area contributed by atoms with Gasteiger partial charge in [0.05, 0.1) is 16.6 Å². The Morgan fingerprint density at radius 3 is 2.45 bits per heavy atom. The summed E-state index contributed by atoms with van der Waals surface area (Å²) in [7, 11) is 0. The molecule has 2 aromatic carbocycles. The van der Waals surface area contributed by atoms with Crippen molar-refractivity contribution >= 4 is 28.6 Å². The minimum atomic E-state index is -4.48. The molecule has 0 fully saturated rings. The number of thioether (sulfide) groups is 1. The second-order valence-corrected chi connectivity index (χ2v) is 7.64. The van der Waals surface area contributed by atoms with Crippen molar-refractivity contribution in [1.82, 2.24) is 10.3 Å². The van der Waals surface area contributed by atoms with Crippen LogP contribution in [0.15, 0.2) is 47.5 Å². The normalized spacial score (nSPS) is 11.7. The molecule has 3 rings (SSSR count). The van der Waals surface area contributed by atoms with Crippen LogP contribution in [0.25, 0.3) is 10.9 Å². The third kappa shape index (κ3) is 4.70. The minimum absolute atomic E-state index is 0.162. The number of amides is 1. The number of carbonyl (C=O) groups is 1. The van der Waals surface area contributed by atoms with E-state index in [2.05, 4.69) is 10.3 Å². The Kier molecular flexibility index (Phi) is 6.12. The molecule has 0 radical (unpaired) electrons. The molecule has 0 spiro atoms. The molecule has 0 saturated carbocycles. The highest BCUT2D eigenvalue weighted by molar-refractivity contribution is 7.99. The predicted molar refractivity (Wildman–Crippen MR) is 105 cm³/mol. The zero-order valence-corrected chi connectivity index (χ0v) is 16.5. The van der Waals surface area contributed by atoms with Crippen molar-refractivity contribution in [2.45, 2.75) is 31.6 Å². The quantitative estimate of drug-likeness (QED) is 0.421. The molecular weight excluding hydrogens is 404 g/mol. The molecule has 0 bridgehead atoms. The van der Waals surface area contributed by atoms with E-state index >= 15 is 0 Å². The van der Waals surface area contributed by atoms with Crippen LogP contribution in [0.5, 0.6) is 0 Å². The molecule has 0 atom stereocenters. The third-order valence-electron chi connectivity index (χ3n) is 4.41. The molecule has 3 nitrogen and oxygen atoms in total. The van der Waals surface area contributed by atoms with Crippen LogP contribution in [0.1, 0.15) is 34.0 Å². The van der Waals surface area contributed by atoms with E-state index in [4.69, 9.17) is 0 Å². The van der Waals surface area contributed by atoms with E-state index < -0.39 is 17.6 Å². The number of aryl methyl sites for hydroxylation is 1. The van der Waals surface area contributed by atoms with Crippen molar-refractivity contribution in [3.63, 3.8) is 0 Å². The highest BCUT2D eigenvalue weighted by Crippen LogP contribution is 2.34. The zero-order valence-electron chi connectivity index (χ0n) is 15.7. The fourth-order valence-electron chi connectivity index (χ4n) is 2.95. The van der Waals surface area contributed by atoms with Gasteiger partial charge in [-0.15, -0.1) is 11.8 Å². The maximum atomic E-state index is 13.1. The molecule has 0 aliphatic heterocycles. The molecule has 1 amide bonds. The number of alkyl halides is 3. The lowest BCUT2D eigenvalue weighted by Gasteiger charge is -2.15. The third-order valence-corrected chi connectivity index (χ3v) is 5.27. The van der Waals surface area contributed by atoms with Gasteiger partial charge in [-0.25, -0.2) is 9.37 Å². The number of halogens is 4. The first-order valence-corrected chi connectivity index (χ1v) is 9.86. The summed E-state index contributed by atoms with van der Waals surface area (Å²) < 4.78 is 52.4. The van der Waals surface area contributed by atoms with Gasteiger partial charge in [-0.1, -0.05) is 19.1 Å². The summed E-state index contributed by atoms with van der Waals surface area (Å²) in [5, 5.41) is 3.50. The van der Waals surface area contributed by atoms with E-state index in [1.807, 2.05) is 6.92 Å². The standard InChI is InChI=1S/C21H18F4N2OS/c1-3-29-20-18(19(28)26-11-13-4-7-15(22)8-5-13)12(2)16-10-14(21(23,24)25)6-9-17(16)27-20/h4-10H,3,11H2,1-2H3,(H,26,28). The fraction of sp³-hybridized carbons (Fsp3) is 0.238. The van der Waals surface area contributed by atoms with Gasteiger partial charge in [0, 0.05) is 11.9 Å². The molecule has 3 aromatic rings. The Morgan fingerprint density at radius 2 is 1.83 bits per heavy atom. The lowest BCUT2D eigenvalue weighted by molar-refractivity contribution is -0.137. The Bertz CT molecular complexity index is 1050. The highest BCUT2D eigenvalue weighted by atomic mass is 32.2. The van der Waals surface area contributed by atoms with Gasteiger partial charge in [0.15, 0.2) is 0 Å².